The molecule has 8 heteroatoms. The summed E-state index contributed by atoms with van der Waals surface area (Å²) in [6.45, 7) is 2.71. The van der Waals surface area contributed by atoms with Crippen molar-refractivity contribution in [3.8, 4) is 11.4 Å². The molecule has 1 saturated heterocycles. The lowest BCUT2D eigenvalue weighted by molar-refractivity contribution is -0.143. The third-order valence-electron chi connectivity index (χ3n) is 3.97. The number of anilines is 1. The van der Waals surface area contributed by atoms with E-state index in [-0.39, 0.29) is 18.5 Å². The van der Waals surface area contributed by atoms with E-state index in [1.54, 1.807) is 0 Å². The Kier molecular flexibility index (Phi) is 4.75. The van der Waals surface area contributed by atoms with Crippen LogP contribution in [0.5, 0.6) is 0 Å². The molecule has 0 bridgehead atoms. The second-order valence-electron chi connectivity index (χ2n) is 6.00. The lowest BCUT2D eigenvalue weighted by Crippen LogP contribution is -2.47. The molecule has 126 valence electrons. The molecule has 0 aliphatic carbocycles. The van der Waals surface area contributed by atoms with Crippen molar-refractivity contribution in [2.45, 2.75) is 13.3 Å². The van der Waals surface area contributed by atoms with E-state index in [0.29, 0.717) is 23.9 Å². The lowest BCUT2D eigenvalue weighted by atomic mass is 9.91. The van der Waals surface area contributed by atoms with Crippen LogP contribution in [-0.2, 0) is 4.79 Å². The quantitative estimate of drug-likeness (QED) is 0.891. The SMILES string of the molecule is CC1CC(C(=O)O)CN(C(=O)Nc2nc(-c3ccccc3)ns2)C1. The largest absolute Gasteiger partial charge is 0.481 e. The van der Waals surface area contributed by atoms with Crippen molar-refractivity contribution < 1.29 is 14.7 Å². The number of carbonyl (C=O) groups is 2. The van der Waals surface area contributed by atoms with Gasteiger partial charge in [0.05, 0.1) is 5.92 Å². The van der Waals surface area contributed by atoms with Crippen molar-refractivity contribution in [2.24, 2.45) is 11.8 Å². The molecule has 0 spiro atoms. The summed E-state index contributed by atoms with van der Waals surface area (Å²) in [6.07, 6.45) is 0.593. The van der Waals surface area contributed by atoms with E-state index in [9.17, 15) is 14.7 Å². The Labute approximate surface area is 143 Å². The molecule has 24 heavy (non-hydrogen) atoms. The van der Waals surface area contributed by atoms with E-state index in [0.717, 1.165) is 17.1 Å². The molecular weight excluding hydrogens is 328 g/mol. The molecule has 3 rings (SSSR count). The van der Waals surface area contributed by atoms with Crippen LogP contribution in [0.15, 0.2) is 30.3 Å². The van der Waals surface area contributed by atoms with Gasteiger partial charge in [-0.25, -0.2) is 4.79 Å². The Morgan fingerprint density at radius 3 is 2.75 bits per heavy atom. The van der Waals surface area contributed by atoms with Crippen molar-refractivity contribution in [3.63, 3.8) is 0 Å². The van der Waals surface area contributed by atoms with Gasteiger partial charge < -0.3 is 10.0 Å². The monoisotopic (exact) mass is 346 g/mol. The molecule has 2 atom stereocenters. The molecule has 1 aromatic heterocycles. The highest BCUT2D eigenvalue weighted by molar-refractivity contribution is 7.10. The highest BCUT2D eigenvalue weighted by Crippen LogP contribution is 2.24. The number of likely N-dealkylation sites (tertiary alicyclic amines) is 1. The zero-order valence-corrected chi connectivity index (χ0v) is 14.0. The number of hydrogen-bond donors (Lipinski definition) is 2. The molecule has 2 unspecified atom stereocenters. The van der Waals surface area contributed by atoms with E-state index in [2.05, 4.69) is 14.7 Å². The molecule has 1 fully saturated rings. The fraction of sp³-hybridized carbons (Fsp3) is 0.375. The zero-order valence-electron chi connectivity index (χ0n) is 13.2. The highest BCUT2D eigenvalue weighted by atomic mass is 32.1. The van der Waals surface area contributed by atoms with Crippen LogP contribution in [0.1, 0.15) is 13.3 Å². The van der Waals surface area contributed by atoms with Crippen LogP contribution in [-0.4, -0.2) is 44.5 Å². The van der Waals surface area contributed by atoms with Gasteiger partial charge in [0.2, 0.25) is 5.13 Å². The Morgan fingerprint density at radius 1 is 1.29 bits per heavy atom. The maximum Gasteiger partial charge on any atom is 0.323 e. The summed E-state index contributed by atoms with van der Waals surface area (Å²) in [7, 11) is 0. The number of amides is 2. The third-order valence-corrected chi connectivity index (χ3v) is 4.60. The van der Waals surface area contributed by atoms with Gasteiger partial charge in [0.15, 0.2) is 5.82 Å². The number of nitrogens with one attached hydrogen (secondary N) is 1. The van der Waals surface area contributed by atoms with Crippen LogP contribution in [0.25, 0.3) is 11.4 Å². The molecule has 1 aliphatic rings. The summed E-state index contributed by atoms with van der Waals surface area (Å²) >= 11 is 1.11. The van der Waals surface area contributed by atoms with Crippen molar-refractivity contribution >= 4 is 28.7 Å². The predicted molar refractivity (Wildman–Crippen MR) is 90.8 cm³/mol. The Balaban J connectivity index is 1.67. The molecule has 0 saturated carbocycles. The minimum absolute atomic E-state index is 0.153. The van der Waals surface area contributed by atoms with Crippen LogP contribution in [0, 0.1) is 11.8 Å². The number of rotatable bonds is 3. The highest BCUT2D eigenvalue weighted by Gasteiger charge is 2.32. The Hall–Kier alpha value is -2.48. The summed E-state index contributed by atoms with van der Waals surface area (Å²) in [6, 6.07) is 9.18. The maximum atomic E-state index is 12.4. The van der Waals surface area contributed by atoms with Crippen LogP contribution < -0.4 is 5.32 Å². The van der Waals surface area contributed by atoms with Crippen molar-refractivity contribution in [1.29, 1.82) is 0 Å². The first-order valence-corrected chi connectivity index (χ1v) is 8.48. The summed E-state index contributed by atoms with van der Waals surface area (Å²) in [5, 5.41) is 12.3. The van der Waals surface area contributed by atoms with E-state index in [4.69, 9.17) is 0 Å². The maximum absolute atomic E-state index is 12.4. The number of benzene rings is 1. The molecule has 7 nitrogen and oxygen atoms in total. The number of nitrogens with zero attached hydrogens (tertiary/aromatic N) is 3. The van der Waals surface area contributed by atoms with Gasteiger partial charge >= 0.3 is 12.0 Å². The molecule has 0 radical (unpaired) electrons. The molecule has 2 amide bonds. The number of carboxylic acid groups (broad SMARTS) is 1. The number of carbonyl (C=O) groups excluding carboxylic acids is 1. The van der Waals surface area contributed by atoms with Crippen LogP contribution >= 0.6 is 11.5 Å². The fourth-order valence-corrected chi connectivity index (χ4v) is 3.42. The number of carboxylic acids is 1. The van der Waals surface area contributed by atoms with Crippen molar-refractivity contribution in [2.75, 3.05) is 18.4 Å². The van der Waals surface area contributed by atoms with Gasteiger partial charge in [-0.1, -0.05) is 37.3 Å². The average molecular weight is 346 g/mol. The van der Waals surface area contributed by atoms with Crippen molar-refractivity contribution in [1.82, 2.24) is 14.3 Å². The molecule has 2 N–H and O–H groups in total. The van der Waals surface area contributed by atoms with E-state index >= 15 is 0 Å². The summed E-state index contributed by atoms with van der Waals surface area (Å²) < 4.78 is 4.25. The van der Waals surface area contributed by atoms with Gasteiger partial charge in [0.25, 0.3) is 0 Å². The van der Waals surface area contributed by atoms with Crippen molar-refractivity contribution in [3.05, 3.63) is 30.3 Å². The Morgan fingerprint density at radius 2 is 2.04 bits per heavy atom. The van der Waals surface area contributed by atoms with Gasteiger partial charge in [0.1, 0.15) is 0 Å². The first kappa shape index (κ1) is 16.4. The normalized spacial score (nSPS) is 20.6. The van der Waals surface area contributed by atoms with Gasteiger partial charge in [-0.3, -0.25) is 10.1 Å². The van der Waals surface area contributed by atoms with Crippen LogP contribution in [0.3, 0.4) is 0 Å². The van der Waals surface area contributed by atoms with Crippen LogP contribution in [0.4, 0.5) is 9.93 Å². The van der Waals surface area contributed by atoms with Gasteiger partial charge in [0, 0.05) is 30.2 Å². The minimum Gasteiger partial charge on any atom is -0.481 e. The smallest absolute Gasteiger partial charge is 0.323 e. The topological polar surface area (TPSA) is 95.4 Å². The number of piperidine rings is 1. The lowest BCUT2D eigenvalue weighted by Gasteiger charge is -2.34. The molecule has 2 aromatic rings. The number of hydrogen-bond acceptors (Lipinski definition) is 5. The van der Waals surface area contributed by atoms with Crippen LogP contribution in [0.2, 0.25) is 0 Å². The molecule has 1 aromatic carbocycles. The predicted octanol–water partition coefficient (Wildman–Crippen LogP) is 2.78. The van der Waals surface area contributed by atoms with Gasteiger partial charge in [-0.05, 0) is 12.3 Å². The summed E-state index contributed by atoms with van der Waals surface area (Å²) in [5.41, 5.74) is 0.881. The van der Waals surface area contributed by atoms with E-state index in [1.165, 1.54) is 4.90 Å². The minimum atomic E-state index is -0.860. The van der Waals surface area contributed by atoms with E-state index in [1.807, 2.05) is 37.3 Å². The molecule has 1 aliphatic heterocycles. The first-order chi connectivity index (χ1) is 11.5. The van der Waals surface area contributed by atoms with Gasteiger partial charge in [-0.15, -0.1) is 0 Å². The third kappa shape index (κ3) is 3.70. The number of aliphatic carboxylic acids is 1. The average Bonchev–Trinajstić information content (AvgIpc) is 3.03. The fourth-order valence-electron chi connectivity index (χ4n) is 2.85. The zero-order chi connectivity index (χ0) is 17.1. The Bertz CT molecular complexity index is 734. The van der Waals surface area contributed by atoms with E-state index < -0.39 is 11.9 Å². The molecular formula is C16H18N4O3S. The molecule has 2 heterocycles. The number of aromatic nitrogens is 2. The number of urea groups is 1. The standard InChI is InChI=1S/C16H18N4O3S/c1-10-7-12(14(21)22)9-20(8-10)16(23)18-15-17-13(19-24-15)11-5-3-2-4-6-11/h2-6,10,12H,7-9H2,1H3,(H,21,22)(H,17,18,19,23). The second kappa shape index (κ2) is 6.96. The first-order valence-electron chi connectivity index (χ1n) is 7.71. The second-order valence-corrected chi connectivity index (χ2v) is 6.75. The summed E-state index contributed by atoms with van der Waals surface area (Å²) in [5.74, 6) is -0.665. The van der Waals surface area contributed by atoms with Gasteiger partial charge in [-0.2, -0.15) is 9.36 Å². The summed E-state index contributed by atoms with van der Waals surface area (Å²) in [4.78, 5) is 29.5.